The zero-order chi connectivity index (χ0) is 23.3. The van der Waals surface area contributed by atoms with Crippen LogP contribution in [-0.4, -0.2) is 34.8 Å². The molecule has 172 valence electrons. The lowest BCUT2D eigenvalue weighted by Gasteiger charge is -2.42. The molecule has 6 nitrogen and oxygen atoms in total. The van der Waals surface area contributed by atoms with E-state index in [1.807, 2.05) is 37.4 Å². The van der Waals surface area contributed by atoms with Crippen molar-refractivity contribution in [3.63, 3.8) is 0 Å². The minimum Gasteiger partial charge on any atom is -0.481 e. The monoisotopic (exact) mass is 486 g/mol. The minimum absolute atomic E-state index is 0.245. The van der Waals surface area contributed by atoms with E-state index in [1.54, 1.807) is 16.7 Å². The smallest absolute Gasteiger partial charge is 0.310 e. The molecule has 1 amide bonds. The number of aromatic nitrogens is 1. The number of carbonyl (C=O) groups is 2. The molecule has 1 aliphatic heterocycles. The zero-order valence-corrected chi connectivity index (χ0v) is 19.6. The van der Waals surface area contributed by atoms with Crippen molar-refractivity contribution in [1.29, 1.82) is 0 Å². The molecule has 33 heavy (non-hydrogen) atoms. The standard InChI is InChI=1S/C25H24Cl2N2O4/c1-29-20-9-8-19(26)22(27)18(20)11-21(29)23(30)28-25(12-33-13-25)16-6-4-15(5-7-16)17(24(31)32)10-14-2-3-14/h4-9,11,14,17H,2-3,10,12-13H2,1H3,(H,28,30)(H,31,32). The predicted molar refractivity (Wildman–Crippen MR) is 127 cm³/mol. The fourth-order valence-corrected chi connectivity index (χ4v) is 4.95. The van der Waals surface area contributed by atoms with Gasteiger partial charge in [-0.1, -0.05) is 60.3 Å². The number of hydrogen-bond donors (Lipinski definition) is 2. The third-order valence-corrected chi connectivity index (χ3v) is 7.64. The van der Waals surface area contributed by atoms with Crippen LogP contribution >= 0.6 is 23.2 Å². The molecule has 1 saturated heterocycles. The molecule has 1 aromatic heterocycles. The third-order valence-electron chi connectivity index (χ3n) is 6.83. The van der Waals surface area contributed by atoms with E-state index in [2.05, 4.69) is 5.32 Å². The van der Waals surface area contributed by atoms with Crippen molar-refractivity contribution in [3.8, 4) is 0 Å². The molecule has 1 saturated carbocycles. The Bertz CT molecular complexity index is 1240. The summed E-state index contributed by atoms with van der Waals surface area (Å²) in [7, 11) is 1.81. The number of amides is 1. The first-order valence-electron chi connectivity index (χ1n) is 11.0. The molecular weight excluding hydrogens is 463 g/mol. The number of rotatable bonds is 7. The van der Waals surface area contributed by atoms with Crippen LogP contribution < -0.4 is 5.32 Å². The van der Waals surface area contributed by atoms with Crippen molar-refractivity contribution in [2.75, 3.05) is 13.2 Å². The highest BCUT2D eigenvalue weighted by Gasteiger charge is 2.42. The second kappa shape index (κ2) is 8.35. The number of fused-ring (bicyclic) bond motifs is 1. The van der Waals surface area contributed by atoms with Crippen molar-refractivity contribution < 1.29 is 19.4 Å². The summed E-state index contributed by atoms with van der Waals surface area (Å²) in [4.78, 5) is 25.0. The van der Waals surface area contributed by atoms with E-state index >= 15 is 0 Å². The Morgan fingerprint density at radius 2 is 1.88 bits per heavy atom. The average molecular weight is 487 g/mol. The molecule has 2 heterocycles. The molecule has 0 spiro atoms. The van der Waals surface area contributed by atoms with E-state index in [0.29, 0.717) is 41.3 Å². The lowest BCUT2D eigenvalue weighted by atomic mass is 9.85. The van der Waals surface area contributed by atoms with E-state index in [4.69, 9.17) is 27.9 Å². The van der Waals surface area contributed by atoms with Crippen LogP contribution in [0.2, 0.25) is 10.0 Å². The average Bonchev–Trinajstić information content (AvgIpc) is 3.53. The Labute approximate surface area is 201 Å². The Morgan fingerprint density at radius 1 is 1.18 bits per heavy atom. The second-order valence-corrected chi connectivity index (χ2v) is 9.89. The number of nitrogens with one attached hydrogen (secondary N) is 1. The van der Waals surface area contributed by atoms with Gasteiger partial charge in [0.1, 0.15) is 11.2 Å². The highest BCUT2D eigenvalue weighted by Crippen LogP contribution is 2.39. The normalized spacial score (nSPS) is 18.0. The highest BCUT2D eigenvalue weighted by atomic mass is 35.5. The van der Waals surface area contributed by atoms with Crippen molar-refractivity contribution in [3.05, 3.63) is 69.3 Å². The van der Waals surface area contributed by atoms with Gasteiger partial charge >= 0.3 is 5.97 Å². The van der Waals surface area contributed by atoms with Crippen molar-refractivity contribution in [1.82, 2.24) is 9.88 Å². The molecule has 2 N–H and O–H groups in total. The molecule has 2 aliphatic rings. The van der Waals surface area contributed by atoms with Crippen LogP contribution in [0.15, 0.2) is 42.5 Å². The fourth-order valence-electron chi connectivity index (χ4n) is 4.57. The lowest BCUT2D eigenvalue weighted by molar-refractivity contribution is -0.139. The molecule has 1 aliphatic carbocycles. The fraction of sp³-hybridized carbons (Fsp3) is 0.360. The van der Waals surface area contributed by atoms with Gasteiger partial charge in [-0.2, -0.15) is 0 Å². The Hall–Kier alpha value is -2.54. The van der Waals surface area contributed by atoms with Crippen molar-refractivity contribution in [2.45, 2.75) is 30.7 Å². The first-order chi connectivity index (χ1) is 15.8. The van der Waals surface area contributed by atoms with Gasteiger partial charge < -0.3 is 19.7 Å². The molecule has 1 atom stereocenters. The number of aliphatic carboxylic acids is 1. The van der Waals surface area contributed by atoms with Crippen LogP contribution in [0.1, 0.15) is 46.8 Å². The van der Waals surface area contributed by atoms with Crippen LogP contribution in [0.5, 0.6) is 0 Å². The summed E-state index contributed by atoms with van der Waals surface area (Å²) in [5.41, 5.74) is 2.30. The molecule has 2 fully saturated rings. The zero-order valence-electron chi connectivity index (χ0n) is 18.1. The van der Waals surface area contributed by atoms with E-state index in [0.717, 1.165) is 34.9 Å². The Balaban J connectivity index is 1.40. The van der Waals surface area contributed by atoms with E-state index < -0.39 is 17.4 Å². The second-order valence-electron chi connectivity index (χ2n) is 9.10. The van der Waals surface area contributed by atoms with E-state index in [9.17, 15) is 14.7 Å². The van der Waals surface area contributed by atoms with Gasteiger partial charge in [0.25, 0.3) is 5.91 Å². The van der Waals surface area contributed by atoms with Crippen molar-refractivity contribution >= 4 is 46.0 Å². The molecular formula is C25H24Cl2N2O4. The van der Waals surface area contributed by atoms with Gasteiger partial charge in [0.15, 0.2) is 0 Å². The van der Waals surface area contributed by atoms with Gasteiger partial charge in [-0.15, -0.1) is 0 Å². The summed E-state index contributed by atoms with van der Waals surface area (Å²) in [5.74, 6) is -1.02. The SMILES string of the molecule is Cn1c(C(=O)NC2(c3ccc(C(CC4CC4)C(=O)O)cc3)COC2)cc2c(Cl)c(Cl)ccc21. The van der Waals surface area contributed by atoms with Gasteiger partial charge in [0.05, 0.1) is 29.2 Å². The van der Waals surface area contributed by atoms with Gasteiger partial charge in [-0.25, -0.2) is 0 Å². The number of ether oxygens (including phenoxy) is 1. The van der Waals surface area contributed by atoms with Crippen LogP contribution in [0.3, 0.4) is 0 Å². The van der Waals surface area contributed by atoms with Gasteiger partial charge in [-0.3, -0.25) is 9.59 Å². The summed E-state index contributed by atoms with van der Waals surface area (Å²) < 4.78 is 7.27. The molecule has 3 aromatic rings. The maximum Gasteiger partial charge on any atom is 0.310 e. The van der Waals surface area contributed by atoms with Crippen LogP contribution in [-0.2, 0) is 22.1 Å². The molecule has 0 bridgehead atoms. The number of carbonyl (C=O) groups excluding carboxylic acids is 1. The number of halogens is 2. The summed E-state index contributed by atoms with van der Waals surface area (Å²) >= 11 is 12.5. The van der Waals surface area contributed by atoms with E-state index in [1.165, 1.54) is 0 Å². The quantitative estimate of drug-likeness (QED) is 0.486. The first kappa shape index (κ1) is 22.3. The van der Waals surface area contributed by atoms with Crippen molar-refractivity contribution in [2.24, 2.45) is 13.0 Å². The molecule has 5 rings (SSSR count). The summed E-state index contributed by atoms with van der Waals surface area (Å²) in [6.45, 7) is 0.693. The third kappa shape index (κ3) is 4.01. The number of nitrogens with zero attached hydrogens (tertiary/aromatic N) is 1. The summed E-state index contributed by atoms with van der Waals surface area (Å²) in [6.07, 6.45) is 2.90. The van der Waals surface area contributed by atoms with Gasteiger partial charge in [-0.05, 0) is 41.7 Å². The number of carboxylic acids is 1. The Kier molecular flexibility index (Phi) is 5.63. The predicted octanol–water partition coefficient (Wildman–Crippen LogP) is 5.11. The molecule has 0 radical (unpaired) electrons. The number of aryl methyl sites for hydroxylation is 1. The van der Waals surface area contributed by atoms with Crippen LogP contribution in [0.25, 0.3) is 10.9 Å². The summed E-state index contributed by atoms with van der Waals surface area (Å²) in [5, 5.41) is 14.4. The molecule has 2 aromatic carbocycles. The maximum atomic E-state index is 13.3. The maximum absolute atomic E-state index is 13.3. The largest absolute Gasteiger partial charge is 0.481 e. The van der Waals surface area contributed by atoms with E-state index in [-0.39, 0.29) is 5.91 Å². The number of carboxylic acid groups (broad SMARTS) is 1. The summed E-state index contributed by atoms with van der Waals surface area (Å²) in [6, 6.07) is 12.8. The highest BCUT2D eigenvalue weighted by molar-refractivity contribution is 6.45. The van der Waals surface area contributed by atoms with Crippen LogP contribution in [0, 0.1) is 5.92 Å². The Morgan fingerprint density at radius 3 is 2.45 bits per heavy atom. The first-order valence-corrected chi connectivity index (χ1v) is 11.7. The van der Waals surface area contributed by atoms with Gasteiger partial charge in [0, 0.05) is 18.0 Å². The molecule has 8 heteroatoms. The topological polar surface area (TPSA) is 80.6 Å². The lowest BCUT2D eigenvalue weighted by Crippen LogP contribution is -2.59. The number of hydrogen-bond acceptors (Lipinski definition) is 3. The minimum atomic E-state index is -0.792. The van der Waals surface area contributed by atoms with Crippen LogP contribution in [0.4, 0.5) is 0 Å². The molecule has 1 unspecified atom stereocenters. The number of benzene rings is 2. The van der Waals surface area contributed by atoms with Gasteiger partial charge in [0.2, 0.25) is 0 Å².